The second-order valence-corrected chi connectivity index (χ2v) is 8.64. The lowest BCUT2D eigenvalue weighted by atomic mass is 10.1. The number of imide groups is 1. The molecule has 1 unspecified atom stereocenters. The number of amides is 2. The number of methoxy groups -OCH3 is 1. The fraction of sp³-hybridized carbons (Fsp3) is 0.364. The minimum atomic E-state index is -0.642. The zero-order valence-electron chi connectivity index (χ0n) is 17.5. The van der Waals surface area contributed by atoms with Crippen LogP contribution >= 0.6 is 15.9 Å². The highest BCUT2D eigenvalue weighted by molar-refractivity contribution is 9.10. The van der Waals surface area contributed by atoms with Gasteiger partial charge in [-0.2, -0.15) is 0 Å². The maximum atomic E-state index is 15.0. The first-order valence-corrected chi connectivity index (χ1v) is 11.1. The van der Waals surface area contributed by atoms with E-state index >= 15 is 4.39 Å². The van der Waals surface area contributed by atoms with E-state index in [2.05, 4.69) is 26.6 Å². The van der Waals surface area contributed by atoms with Gasteiger partial charge in [0, 0.05) is 49.2 Å². The summed E-state index contributed by atoms with van der Waals surface area (Å²) in [5, 5.41) is 5.25. The fourth-order valence-electron chi connectivity index (χ4n) is 4.01. The third kappa shape index (κ3) is 4.64. The number of piperidine rings is 1. The van der Waals surface area contributed by atoms with Crippen LogP contribution in [-0.4, -0.2) is 51.1 Å². The van der Waals surface area contributed by atoms with Crippen LogP contribution in [-0.2, 0) is 9.59 Å². The number of piperazine rings is 1. The molecule has 7 nitrogen and oxygen atoms in total. The Morgan fingerprint density at radius 2 is 1.69 bits per heavy atom. The molecule has 0 aliphatic carbocycles. The minimum absolute atomic E-state index is 0.218. The summed E-state index contributed by atoms with van der Waals surface area (Å²) in [6.45, 7) is 2.10. The molecule has 2 aliphatic rings. The number of anilines is 3. The third-order valence-electron chi connectivity index (χ3n) is 5.71. The van der Waals surface area contributed by atoms with Crippen molar-refractivity contribution in [2.75, 3.05) is 48.4 Å². The molecule has 10 heteroatoms. The molecule has 0 saturated carbocycles. The Morgan fingerprint density at radius 3 is 2.31 bits per heavy atom. The molecule has 2 heterocycles. The summed E-state index contributed by atoms with van der Waals surface area (Å²) in [5.41, 5.74) is 1.25. The SMILES string of the molecule is COc1cc(N2CCN(c3ccc(Br)cc3F)CC2)c(F)cc1NC1CCC(=O)NC1=O. The molecule has 170 valence electrons. The molecule has 2 fully saturated rings. The molecule has 2 aliphatic heterocycles. The standard InChI is InChI=1S/C22H23BrF2N4O3/c1-32-20-12-19(15(25)11-17(20)26-16-3-5-21(30)27-22(16)31)29-8-6-28(7-9-29)18-4-2-13(23)10-14(18)24/h2,4,10-12,16,26H,3,5-9H2,1H3,(H,27,30,31). The predicted octanol–water partition coefficient (Wildman–Crippen LogP) is 3.28. The molecule has 2 saturated heterocycles. The molecule has 2 N–H and O–H groups in total. The summed E-state index contributed by atoms with van der Waals surface area (Å²) in [7, 11) is 1.47. The lowest BCUT2D eigenvalue weighted by Crippen LogP contribution is -2.47. The van der Waals surface area contributed by atoms with E-state index in [1.54, 1.807) is 18.2 Å². The van der Waals surface area contributed by atoms with Crippen LogP contribution in [0, 0.1) is 11.6 Å². The van der Waals surface area contributed by atoms with Crippen molar-refractivity contribution in [2.24, 2.45) is 0 Å². The zero-order valence-corrected chi connectivity index (χ0v) is 19.0. The van der Waals surface area contributed by atoms with Crippen LogP contribution in [0.5, 0.6) is 5.75 Å². The normalized spacial score (nSPS) is 19.1. The highest BCUT2D eigenvalue weighted by atomic mass is 79.9. The minimum Gasteiger partial charge on any atom is -0.495 e. The Bertz CT molecular complexity index is 1040. The first-order chi connectivity index (χ1) is 15.4. The van der Waals surface area contributed by atoms with Gasteiger partial charge in [0.1, 0.15) is 23.4 Å². The van der Waals surface area contributed by atoms with Crippen LogP contribution in [0.1, 0.15) is 12.8 Å². The van der Waals surface area contributed by atoms with Gasteiger partial charge in [0.05, 0.1) is 24.2 Å². The van der Waals surface area contributed by atoms with Gasteiger partial charge >= 0.3 is 0 Å². The van der Waals surface area contributed by atoms with Gasteiger partial charge < -0.3 is 19.9 Å². The average Bonchev–Trinajstić information content (AvgIpc) is 2.76. The Balaban J connectivity index is 1.47. The zero-order chi connectivity index (χ0) is 22.8. The molecule has 0 bridgehead atoms. The summed E-state index contributed by atoms with van der Waals surface area (Å²) in [4.78, 5) is 27.2. The van der Waals surface area contributed by atoms with E-state index in [9.17, 15) is 14.0 Å². The number of hydrogen-bond donors (Lipinski definition) is 2. The first-order valence-electron chi connectivity index (χ1n) is 10.3. The molecule has 4 rings (SSSR count). The van der Waals surface area contributed by atoms with Crippen molar-refractivity contribution in [2.45, 2.75) is 18.9 Å². The van der Waals surface area contributed by atoms with Crippen LogP contribution in [0.25, 0.3) is 0 Å². The lowest BCUT2D eigenvalue weighted by molar-refractivity contribution is -0.133. The maximum absolute atomic E-state index is 15.0. The monoisotopic (exact) mass is 508 g/mol. The maximum Gasteiger partial charge on any atom is 0.249 e. The van der Waals surface area contributed by atoms with Crippen molar-refractivity contribution in [1.82, 2.24) is 5.32 Å². The van der Waals surface area contributed by atoms with Gasteiger partial charge in [-0.3, -0.25) is 14.9 Å². The van der Waals surface area contributed by atoms with Gasteiger partial charge in [-0.1, -0.05) is 15.9 Å². The van der Waals surface area contributed by atoms with Crippen LogP contribution < -0.4 is 25.2 Å². The number of carbonyl (C=O) groups is 2. The number of rotatable bonds is 5. The smallest absolute Gasteiger partial charge is 0.249 e. The average molecular weight is 509 g/mol. The first kappa shape index (κ1) is 22.3. The van der Waals surface area contributed by atoms with Crippen molar-refractivity contribution in [3.05, 3.63) is 46.4 Å². The van der Waals surface area contributed by atoms with E-state index in [0.29, 0.717) is 59.9 Å². The van der Waals surface area contributed by atoms with Gasteiger partial charge in [0.15, 0.2) is 0 Å². The molecule has 2 aromatic rings. The molecule has 0 radical (unpaired) electrons. The van der Waals surface area contributed by atoms with Crippen molar-refractivity contribution in [1.29, 1.82) is 0 Å². The number of hydrogen-bond acceptors (Lipinski definition) is 6. The second-order valence-electron chi connectivity index (χ2n) is 7.72. The number of halogens is 3. The van der Waals surface area contributed by atoms with Gasteiger partial charge in [0.2, 0.25) is 11.8 Å². The molecule has 0 aromatic heterocycles. The summed E-state index contributed by atoms with van der Waals surface area (Å²) in [6.07, 6.45) is 0.543. The number of benzene rings is 2. The van der Waals surface area contributed by atoms with E-state index in [1.165, 1.54) is 19.2 Å². The highest BCUT2D eigenvalue weighted by Gasteiger charge is 2.28. The summed E-state index contributed by atoms with van der Waals surface area (Å²) < 4.78 is 35.4. The quantitative estimate of drug-likeness (QED) is 0.603. The van der Waals surface area contributed by atoms with E-state index < -0.39 is 17.8 Å². The number of nitrogens with zero attached hydrogens (tertiary/aromatic N) is 2. The predicted molar refractivity (Wildman–Crippen MR) is 121 cm³/mol. The molecular weight excluding hydrogens is 486 g/mol. The van der Waals surface area contributed by atoms with Crippen LogP contribution in [0.15, 0.2) is 34.8 Å². The van der Waals surface area contributed by atoms with E-state index in [4.69, 9.17) is 4.74 Å². The summed E-state index contributed by atoms with van der Waals surface area (Å²) >= 11 is 3.26. The lowest BCUT2D eigenvalue weighted by Gasteiger charge is -2.37. The van der Waals surface area contributed by atoms with Crippen LogP contribution in [0.2, 0.25) is 0 Å². The number of carbonyl (C=O) groups excluding carboxylic acids is 2. The molecule has 2 amide bonds. The van der Waals surface area contributed by atoms with E-state index in [1.807, 2.05) is 9.80 Å². The molecule has 1 atom stereocenters. The Labute approximate surface area is 192 Å². The topological polar surface area (TPSA) is 73.9 Å². The van der Waals surface area contributed by atoms with Crippen molar-refractivity contribution in [3.8, 4) is 5.75 Å². The fourth-order valence-corrected chi connectivity index (χ4v) is 4.34. The Kier molecular flexibility index (Phi) is 6.50. The number of ether oxygens (including phenoxy) is 1. The summed E-state index contributed by atoms with van der Waals surface area (Å²) in [5.74, 6) is -1.12. The van der Waals surface area contributed by atoms with Gasteiger partial charge in [-0.05, 0) is 24.6 Å². The van der Waals surface area contributed by atoms with E-state index in [0.717, 1.165) is 0 Å². The molecule has 32 heavy (non-hydrogen) atoms. The van der Waals surface area contributed by atoms with Crippen molar-refractivity contribution < 1.29 is 23.1 Å². The Morgan fingerprint density at radius 1 is 1.03 bits per heavy atom. The largest absolute Gasteiger partial charge is 0.495 e. The van der Waals surface area contributed by atoms with Crippen LogP contribution in [0.3, 0.4) is 0 Å². The van der Waals surface area contributed by atoms with E-state index in [-0.39, 0.29) is 18.1 Å². The van der Waals surface area contributed by atoms with Crippen molar-refractivity contribution >= 4 is 44.8 Å². The van der Waals surface area contributed by atoms with Crippen molar-refractivity contribution in [3.63, 3.8) is 0 Å². The highest BCUT2D eigenvalue weighted by Crippen LogP contribution is 2.35. The number of nitrogens with one attached hydrogen (secondary N) is 2. The van der Waals surface area contributed by atoms with Crippen LogP contribution in [0.4, 0.5) is 25.8 Å². The second kappa shape index (κ2) is 9.32. The molecular formula is C22H23BrF2N4O3. The molecule has 2 aromatic carbocycles. The molecule has 0 spiro atoms. The third-order valence-corrected chi connectivity index (χ3v) is 6.20. The Hall–Kier alpha value is -2.88. The summed E-state index contributed by atoms with van der Waals surface area (Å²) in [6, 6.07) is 7.21. The van der Waals surface area contributed by atoms with Gasteiger partial charge in [0.25, 0.3) is 0 Å². The van der Waals surface area contributed by atoms with Gasteiger partial charge in [-0.15, -0.1) is 0 Å². The van der Waals surface area contributed by atoms with Gasteiger partial charge in [-0.25, -0.2) is 8.78 Å².